The average Bonchev–Trinajstić information content (AvgIpc) is 3.27. The summed E-state index contributed by atoms with van der Waals surface area (Å²) in [6, 6.07) is 6.99. The predicted octanol–water partition coefficient (Wildman–Crippen LogP) is 3.46. The summed E-state index contributed by atoms with van der Waals surface area (Å²) in [6.45, 7) is 2.87. The van der Waals surface area contributed by atoms with Crippen LogP contribution in [0.2, 0.25) is 0 Å². The summed E-state index contributed by atoms with van der Waals surface area (Å²) in [7, 11) is 0. The van der Waals surface area contributed by atoms with E-state index in [-0.39, 0.29) is 25.0 Å². The number of carbonyl (C=O) groups excluding carboxylic acids is 3. The number of benzene rings is 1. The quantitative estimate of drug-likeness (QED) is 0.457. The smallest absolute Gasteiger partial charge is 0.414 e. The Balaban J connectivity index is 1.41. The van der Waals surface area contributed by atoms with Crippen molar-refractivity contribution in [1.29, 1.82) is 5.26 Å². The first-order valence-electron chi connectivity index (χ1n) is 12.5. The van der Waals surface area contributed by atoms with Crippen LogP contribution >= 0.6 is 0 Å². The molecule has 36 heavy (non-hydrogen) atoms. The molecule has 3 fully saturated rings. The van der Waals surface area contributed by atoms with Gasteiger partial charge in [0.25, 0.3) is 0 Å². The van der Waals surface area contributed by atoms with Crippen LogP contribution in [0.4, 0.5) is 20.6 Å². The first-order chi connectivity index (χ1) is 17.4. The van der Waals surface area contributed by atoms with E-state index in [0.717, 1.165) is 44.1 Å². The van der Waals surface area contributed by atoms with Crippen molar-refractivity contribution in [2.75, 3.05) is 36.0 Å². The summed E-state index contributed by atoms with van der Waals surface area (Å²) < 4.78 is 20.4. The number of rotatable bonds is 7. The minimum Gasteiger partial charge on any atom is -0.442 e. The van der Waals surface area contributed by atoms with Crippen LogP contribution in [-0.4, -0.2) is 61.6 Å². The monoisotopic (exact) mass is 497 g/mol. The molecule has 0 bridgehead atoms. The summed E-state index contributed by atoms with van der Waals surface area (Å²) >= 11 is 0. The van der Waals surface area contributed by atoms with Crippen LogP contribution in [-0.2, 0) is 14.3 Å². The number of hydrogen-bond acceptors (Lipinski definition) is 6. The van der Waals surface area contributed by atoms with E-state index in [2.05, 4.69) is 11.4 Å². The highest BCUT2D eigenvalue weighted by Crippen LogP contribution is 2.32. The Labute approximate surface area is 210 Å². The Hall–Kier alpha value is -3.61. The second kappa shape index (κ2) is 11.4. The van der Waals surface area contributed by atoms with Gasteiger partial charge in [0.15, 0.2) is 0 Å². The Morgan fingerprint density at radius 2 is 2.00 bits per heavy atom. The molecule has 1 aromatic carbocycles. The van der Waals surface area contributed by atoms with Crippen LogP contribution in [0.5, 0.6) is 0 Å². The van der Waals surface area contributed by atoms with Crippen molar-refractivity contribution in [3.05, 3.63) is 35.3 Å². The lowest BCUT2D eigenvalue weighted by molar-refractivity contribution is -0.119. The molecule has 0 unspecified atom stereocenters. The predicted molar refractivity (Wildman–Crippen MR) is 132 cm³/mol. The fraction of sp³-hybridized carbons (Fsp3) is 0.538. The van der Waals surface area contributed by atoms with Gasteiger partial charge >= 0.3 is 6.09 Å². The van der Waals surface area contributed by atoms with Crippen molar-refractivity contribution in [3.8, 4) is 6.07 Å². The van der Waals surface area contributed by atoms with Crippen molar-refractivity contribution in [2.24, 2.45) is 0 Å². The van der Waals surface area contributed by atoms with Gasteiger partial charge < -0.3 is 19.9 Å². The second-order valence-corrected chi connectivity index (χ2v) is 9.54. The Morgan fingerprint density at radius 3 is 2.61 bits per heavy atom. The highest BCUT2D eigenvalue weighted by Gasteiger charge is 2.33. The van der Waals surface area contributed by atoms with Crippen molar-refractivity contribution < 1.29 is 23.5 Å². The summed E-state index contributed by atoms with van der Waals surface area (Å²) in [6.07, 6.45) is 5.99. The molecule has 3 amide bonds. The number of hydrogen-bond donors (Lipinski definition) is 1. The largest absolute Gasteiger partial charge is 0.442 e. The van der Waals surface area contributed by atoms with E-state index in [1.165, 1.54) is 17.9 Å². The van der Waals surface area contributed by atoms with Gasteiger partial charge in [-0.3, -0.25) is 14.5 Å². The van der Waals surface area contributed by atoms with Gasteiger partial charge in [-0.1, -0.05) is 19.3 Å². The molecule has 1 aliphatic carbocycles. The molecule has 2 aliphatic heterocycles. The summed E-state index contributed by atoms with van der Waals surface area (Å²) in [5, 5.41) is 12.4. The average molecular weight is 498 g/mol. The third-order valence-corrected chi connectivity index (χ3v) is 7.18. The number of carbonyl (C=O) groups is 3. The molecule has 0 aromatic heterocycles. The lowest BCUT2D eigenvalue weighted by atomic mass is 9.93. The van der Waals surface area contributed by atoms with E-state index in [1.54, 1.807) is 17.0 Å². The van der Waals surface area contributed by atoms with E-state index in [0.29, 0.717) is 43.0 Å². The molecule has 2 saturated heterocycles. The van der Waals surface area contributed by atoms with Gasteiger partial charge in [0, 0.05) is 26.1 Å². The Morgan fingerprint density at radius 1 is 1.28 bits per heavy atom. The number of ether oxygens (including phenoxy) is 1. The molecule has 1 N–H and O–H groups in total. The van der Waals surface area contributed by atoms with Crippen molar-refractivity contribution in [1.82, 2.24) is 10.2 Å². The number of piperidine rings is 1. The van der Waals surface area contributed by atoms with E-state index < -0.39 is 18.0 Å². The standard InChI is InChI=1S/C26H32FN5O4/c1-18(34)29-15-22-16-31(26(35)36-22)21-7-8-24(23(27)13-21)30-11-9-19(10-12-30)25(14-28)32(17-33)20-5-3-2-4-6-20/h7-8,13,17,20,22H,2-6,9-12,15-16H2,1H3,(H,29,34)/t22-/m0/s1. The molecule has 0 radical (unpaired) electrons. The van der Waals surface area contributed by atoms with E-state index in [4.69, 9.17) is 4.74 Å². The van der Waals surface area contributed by atoms with Gasteiger partial charge in [0.1, 0.15) is 23.7 Å². The number of nitrogens with zero attached hydrogens (tertiary/aromatic N) is 4. The molecule has 1 saturated carbocycles. The number of amides is 3. The summed E-state index contributed by atoms with van der Waals surface area (Å²) in [5.74, 6) is -0.663. The molecule has 192 valence electrons. The fourth-order valence-corrected chi connectivity index (χ4v) is 5.27. The van der Waals surface area contributed by atoms with E-state index in [9.17, 15) is 19.6 Å². The van der Waals surface area contributed by atoms with Gasteiger partial charge in [-0.25, -0.2) is 9.18 Å². The zero-order chi connectivity index (χ0) is 25.7. The maximum atomic E-state index is 15.1. The number of anilines is 2. The first-order valence-corrected chi connectivity index (χ1v) is 12.5. The molecule has 3 aliphatic rings. The van der Waals surface area contributed by atoms with Gasteiger partial charge in [0.2, 0.25) is 12.3 Å². The lowest BCUT2D eigenvalue weighted by Gasteiger charge is -2.35. The number of nitriles is 1. The van der Waals surface area contributed by atoms with Crippen molar-refractivity contribution in [2.45, 2.75) is 64.0 Å². The third kappa shape index (κ3) is 5.61. The molecular weight excluding hydrogens is 465 g/mol. The normalized spacial score (nSPS) is 20.5. The van der Waals surface area contributed by atoms with E-state index >= 15 is 4.39 Å². The number of halogens is 1. The van der Waals surface area contributed by atoms with Gasteiger partial charge in [-0.2, -0.15) is 5.26 Å². The first kappa shape index (κ1) is 25.5. The van der Waals surface area contributed by atoms with Crippen LogP contribution in [0.15, 0.2) is 29.5 Å². The Bertz CT molecular complexity index is 1070. The molecular formula is C26H32FN5O4. The lowest BCUT2D eigenvalue weighted by Crippen LogP contribution is -2.37. The number of allylic oxidation sites excluding steroid dienone is 1. The van der Waals surface area contributed by atoms with Crippen molar-refractivity contribution in [3.63, 3.8) is 0 Å². The maximum Gasteiger partial charge on any atom is 0.414 e. The maximum absolute atomic E-state index is 15.1. The van der Waals surface area contributed by atoms with Gasteiger partial charge in [0.05, 0.1) is 24.5 Å². The highest BCUT2D eigenvalue weighted by molar-refractivity contribution is 5.90. The Kier molecular flexibility index (Phi) is 8.08. The third-order valence-electron chi connectivity index (χ3n) is 7.18. The minimum atomic E-state index is -0.577. The molecule has 10 heteroatoms. The van der Waals surface area contributed by atoms with Crippen molar-refractivity contribution >= 4 is 29.8 Å². The zero-order valence-electron chi connectivity index (χ0n) is 20.5. The molecule has 0 spiro atoms. The van der Waals surface area contributed by atoms with Crippen LogP contribution < -0.4 is 15.1 Å². The zero-order valence-corrected chi connectivity index (χ0v) is 20.5. The fourth-order valence-electron chi connectivity index (χ4n) is 5.27. The molecule has 2 heterocycles. The second-order valence-electron chi connectivity index (χ2n) is 9.54. The SMILES string of the molecule is CC(=O)NC[C@H]1CN(c2ccc(N3CCC(=C(C#N)N(C=O)C4CCCCC4)CC3)c(F)c2)C(=O)O1. The summed E-state index contributed by atoms with van der Waals surface area (Å²) in [5.41, 5.74) is 2.21. The molecule has 4 rings (SSSR count). The minimum absolute atomic E-state index is 0.0801. The van der Waals surface area contributed by atoms with Crippen LogP contribution in [0.1, 0.15) is 51.9 Å². The molecule has 9 nitrogen and oxygen atoms in total. The van der Waals surface area contributed by atoms with Gasteiger partial charge in [-0.05, 0) is 49.5 Å². The van der Waals surface area contributed by atoms with Crippen LogP contribution in [0.3, 0.4) is 0 Å². The summed E-state index contributed by atoms with van der Waals surface area (Å²) in [4.78, 5) is 40.1. The van der Waals surface area contributed by atoms with Crippen LogP contribution in [0.25, 0.3) is 0 Å². The topological polar surface area (TPSA) is 106 Å². The highest BCUT2D eigenvalue weighted by atomic mass is 19.1. The van der Waals surface area contributed by atoms with Crippen LogP contribution in [0, 0.1) is 17.1 Å². The molecule has 1 atom stereocenters. The number of nitrogens with one attached hydrogen (secondary N) is 1. The number of cyclic esters (lactones) is 1. The van der Waals surface area contributed by atoms with E-state index in [1.807, 2.05) is 4.90 Å². The molecule has 1 aromatic rings. The van der Waals surface area contributed by atoms with Gasteiger partial charge in [-0.15, -0.1) is 0 Å².